The average Bonchev–Trinajstić information content (AvgIpc) is 3.16. The first-order valence-electron chi connectivity index (χ1n) is 9.53. The summed E-state index contributed by atoms with van der Waals surface area (Å²) >= 11 is 0. The molecule has 5 rings (SSSR count). The monoisotopic (exact) mass is 393 g/mol. The summed E-state index contributed by atoms with van der Waals surface area (Å²) in [6, 6.07) is 4.90. The summed E-state index contributed by atoms with van der Waals surface area (Å²) in [5.74, 6) is -0.273. The maximum Gasteiger partial charge on any atom is 0.167 e. The van der Waals surface area contributed by atoms with Gasteiger partial charge in [0.1, 0.15) is 0 Å². The number of ether oxygens (including phenoxy) is 1. The molecule has 1 aliphatic heterocycles. The molecule has 4 heterocycles. The largest absolute Gasteiger partial charge is 0.494 e. The predicted octanol–water partition coefficient (Wildman–Crippen LogP) is 3.05. The third kappa shape index (κ3) is 3.05. The van der Waals surface area contributed by atoms with Crippen molar-refractivity contribution in [3.63, 3.8) is 0 Å². The van der Waals surface area contributed by atoms with Gasteiger partial charge in [0, 0.05) is 36.3 Å². The summed E-state index contributed by atoms with van der Waals surface area (Å²) in [4.78, 5) is 11.1. The van der Waals surface area contributed by atoms with Gasteiger partial charge in [-0.25, -0.2) is 13.9 Å². The molecule has 29 heavy (non-hydrogen) atoms. The molecule has 0 unspecified atom stereocenters. The van der Waals surface area contributed by atoms with Gasteiger partial charge in [-0.1, -0.05) is 0 Å². The number of aliphatic hydroxyl groups is 1. The van der Waals surface area contributed by atoms with Gasteiger partial charge < -0.3 is 14.7 Å². The van der Waals surface area contributed by atoms with Crippen molar-refractivity contribution in [1.82, 2.24) is 19.6 Å². The van der Waals surface area contributed by atoms with Crippen LogP contribution >= 0.6 is 0 Å². The second-order valence-electron chi connectivity index (χ2n) is 7.22. The third-order valence-electron chi connectivity index (χ3n) is 5.48. The molecule has 0 saturated carbocycles. The highest BCUT2D eigenvalue weighted by atomic mass is 19.1. The minimum Gasteiger partial charge on any atom is -0.494 e. The van der Waals surface area contributed by atoms with Gasteiger partial charge in [0.25, 0.3) is 0 Å². The second kappa shape index (κ2) is 6.97. The van der Waals surface area contributed by atoms with E-state index in [1.165, 1.54) is 13.2 Å². The molecule has 8 heteroatoms. The van der Waals surface area contributed by atoms with Gasteiger partial charge in [0.15, 0.2) is 17.2 Å². The number of piperidine rings is 1. The Morgan fingerprint density at radius 2 is 1.97 bits per heavy atom. The van der Waals surface area contributed by atoms with Gasteiger partial charge in [-0.05, 0) is 30.5 Å². The van der Waals surface area contributed by atoms with E-state index >= 15 is 0 Å². The fourth-order valence-electron chi connectivity index (χ4n) is 3.88. The molecule has 4 aromatic rings. The maximum absolute atomic E-state index is 14.1. The summed E-state index contributed by atoms with van der Waals surface area (Å²) in [5.41, 5.74) is 3.93. The Kier molecular flexibility index (Phi) is 4.28. The van der Waals surface area contributed by atoms with E-state index in [1.807, 2.05) is 18.5 Å². The van der Waals surface area contributed by atoms with E-state index in [0.29, 0.717) is 11.2 Å². The molecule has 1 fully saturated rings. The van der Waals surface area contributed by atoms with Gasteiger partial charge >= 0.3 is 0 Å². The smallest absolute Gasteiger partial charge is 0.167 e. The van der Waals surface area contributed by atoms with E-state index in [9.17, 15) is 9.50 Å². The summed E-state index contributed by atoms with van der Waals surface area (Å²) in [7, 11) is 1.44. The molecule has 0 bridgehead atoms. The zero-order chi connectivity index (χ0) is 20.0. The van der Waals surface area contributed by atoms with Crippen molar-refractivity contribution < 1.29 is 14.2 Å². The first-order valence-corrected chi connectivity index (χ1v) is 9.53. The lowest BCUT2D eigenvalue weighted by molar-refractivity contribution is 0.145. The number of benzene rings is 1. The molecule has 0 radical (unpaired) electrons. The lowest BCUT2D eigenvalue weighted by Crippen LogP contribution is -2.36. The minimum absolute atomic E-state index is 0.172. The fraction of sp³-hybridized carbons (Fsp3) is 0.286. The van der Waals surface area contributed by atoms with Crippen LogP contribution in [0.1, 0.15) is 12.8 Å². The van der Waals surface area contributed by atoms with E-state index in [1.54, 1.807) is 23.0 Å². The van der Waals surface area contributed by atoms with Crippen molar-refractivity contribution in [1.29, 1.82) is 0 Å². The van der Waals surface area contributed by atoms with Crippen LogP contribution in [0.5, 0.6) is 5.75 Å². The highest BCUT2D eigenvalue weighted by Gasteiger charge is 2.19. The molecule has 1 aromatic carbocycles. The summed E-state index contributed by atoms with van der Waals surface area (Å²) in [6.07, 6.45) is 8.49. The lowest BCUT2D eigenvalue weighted by Gasteiger charge is -2.31. The topological polar surface area (TPSA) is 75.8 Å². The molecule has 3 aromatic heterocycles. The standard InChI is InChI=1S/C21H20FN5O2/c1-29-20-8-16-15(2-5-23-19(16)9-18(20)22)17-11-25-27-12-13(10-24-21(17)27)26-6-3-14(28)4-7-26/h2,5,8-12,14,28H,3-4,6-7H2,1H3. The van der Waals surface area contributed by atoms with E-state index < -0.39 is 5.82 Å². The van der Waals surface area contributed by atoms with Crippen LogP contribution in [-0.4, -0.2) is 51.0 Å². The molecule has 1 aliphatic rings. The molecule has 0 amide bonds. The summed E-state index contributed by atoms with van der Waals surface area (Å²) in [5, 5.41) is 15.0. The summed E-state index contributed by atoms with van der Waals surface area (Å²) < 4.78 is 21.0. The zero-order valence-corrected chi connectivity index (χ0v) is 15.9. The van der Waals surface area contributed by atoms with Gasteiger partial charge in [-0.15, -0.1) is 0 Å². The van der Waals surface area contributed by atoms with Crippen LogP contribution in [0.15, 0.2) is 43.0 Å². The van der Waals surface area contributed by atoms with Crippen LogP contribution in [0.3, 0.4) is 0 Å². The van der Waals surface area contributed by atoms with E-state index in [0.717, 1.165) is 48.1 Å². The van der Waals surface area contributed by atoms with E-state index in [2.05, 4.69) is 20.0 Å². The van der Waals surface area contributed by atoms with Gasteiger partial charge in [0.05, 0.1) is 43.0 Å². The number of nitrogens with zero attached hydrogens (tertiary/aromatic N) is 5. The number of anilines is 1. The maximum atomic E-state index is 14.1. The quantitative estimate of drug-likeness (QED) is 0.577. The molecule has 7 nitrogen and oxygen atoms in total. The normalized spacial score (nSPS) is 15.3. The number of aromatic nitrogens is 4. The van der Waals surface area contributed by atoms with Crippen molar-refractivity contribution in [2.45, 2.75) is 18.9 Å². The van der Waals surface area contributed by atoms with Gasteiger partial charge in [0.2, 0.25) is 0 Å². The van der Waals surface area contributed by atoms with Crippen molar-refractivity contribution in [3.05, 3.63) is 48.8 Å². The number of hydrogen-bond donors (Lipinski definition) is 1. The summed E-state index contributed by atoms with van der Waals surface area (Å²) in [6.45, 7) is 1.59. The highest BCUT2D eigenvalue weighted by Crippen LogP contribution is 2.33. The number of pyridine rings is 1. The third-order valence-corrected chi connectivity index (χ3v) is 5.48. The Labute approximate surface area is 166 Å². The van der Waals surface area contributed by atoms with Crippen molar-refractivity contribution in [2.75, 3.05) is 25.1 Å². The number of rotatable bonds is 3. The van der Waals surface area contributed by atoms with Crippen LogP contribution < -0.4 is 9.64 Å². The number of hydrogen-bond acceptors (Lipinski definition) is 6. The van der Waals surface area contributed by atoms with E-state index in [4.69, 9.17) is 4.74 Å². The van der Waals surface area contributed by atoms with Crippen molar-refractivity contribution >= 4 is 22.2 Å². The molecule has 0 aliphatic carbocycles. The molecule has 0 spiro atoms. The van der Waals surface area contributed by atoms with Crippen LogP contribution in [-0.2, 0) is 0 Å². The number of fused-ring (bicyclic) bond motifs is 2. The first kappa shape index (κ1) is 17.8. The molecular weight excluding hydrogens is 373 g/mol. The zero-order valence-electron chi connectivity index (χ0n) is 15.9. The second-order valence-corrected chi connectivity index (χ2v) is 7.22. The highest BCUT2D eigenvalue weighted by molar-refractivity contribution is 5.98. The van der Waals surface area contributed by atoms with Crippen LogP contribution in [0.2, 0.25) is 0 Å². The minimum atomic E-state index is -0.445. The Hall–Kier alpha value is -3.26. The Morgan fingerprint density at radius 1 is 1.14 bits per heavy atom. The molecule has 1 saturated heterocycles. The van der Waals surface area contributed by atoms with Crippen LogP contribution in [0.25, 0.3) is 27.7 Å². The number of halogens is 1. The fourth-order valence-corrected chi connectivity index (χ4v) is 3.88. The number of methoxy groups -OCH3 is 1. The van der Waals surface area contributed by atoms with Crippen LogP contribution in [0.4, 0.5) is 10.1 Å². The predicted molar refractivity (Wildman–Crippen MR) is 108 cm³/mol. The van der Waals surface area contributed by atoms with Gasteiger partial charge in [-0.2, -0.15) is 5.10 Å². The van der Waals surface area contributed by atoms with Crippen LogP contribution in [0, 0.1) is 5.82 Å². The molecule has 1 N–H and O–H groups in total. The SMILES string of the molecule is COc1cc2c(-c3cnn4cc(N5CCC(O)CC5)cnc34)ccnc2cc1F. The molecular formula is C21H20FN5O2. The Bertz CT molecular complexity index is 1200. The lowest BCUT2D eigenvalue weighted by atomic mass is 10.0. The Morgan fingerprint density at radius 3 is 2.76 bits per heavy atom. The molecule has 148 valence electrons. The number of aliphatic hydroxyl groups excluding tert-OH is 1. The average molecular weight is 393 g/mol. The van der Waals surface area contributed by atoms with Crippen molar-refractivity contribution in [3.8, 4) is 16.9 Å². The Balaban J connectivity index is 1.59. The van der Waals surface area contributed by atoms with Gasteiger partial charge in [-0.3, -0.25) is 4.98 Å². The van der Waals surface area contributed by atoms with E-state index in [-0.39, 0.29) is 11.9 Å². The van der Waals surface area contributed by atoms with Crippen molar-refractivity contribution in [2.24, 2.45) is 0 Å². The first-order chi connectivity index (χ1) is 14.1. The molecule has 0 atom stereocenters.